The fraction of sp³-hybridized carbons (Fsp3) is 0.250. The van der Waals surface area contributed by atoms with Gasteiger partial charge in [-0.1, -0.05) is 30.3 Å². The van der Waals surface area contributed by atoms with Crippen LogP contribution >= 0.6 is 7.92 Å². The Morgan fingerprint density at radius 1 is 1.00 bits per heavy atom. The minimum atomic E-state index is -0.740. The molecular formula is C8H11O2P. The lowest BCUT2D eigenvalue weighted by Gasteiger charge is -2.10. The van der Waals surface area contributed by atoms with Gasteiger partial charge in [-0.3, -0.25) is 0 Å². The van der Waals surface area contributed by atoms with E-state index in [1.54, 1.807) is 0 Å². The van der Waals surface area contributed by atoms with Crippen molar-refractivity contribution in [2.45, 2.75) is 0 Å². The molecule has 0 amide bonds. The van der Waals surface area contributed by atoms with E-state index in [2.05, 4.69) is 0 Å². The maximum Gasteiger partial charge on any atom is 0.0688 e. The van der Waals surface area contributed by atoms with Crippen LogP contribution in [0, 0.1) is 0 Å². The average Bonchev–Trinajstić information content (AvgIpc) is 2.09. The lowest BCUT2D eigenvalue weighted by molar-refractivity contribution is 0.345. The van der Waals surface area contributed by atoms with Crippen LogP contribution in [0.4, 0.5) is 0 Å². The van der Waals surface area contributed by atoms with E-state index < -0.39 is 7.92 Å². The topological polar surface area (TPSA) is 40.5 Å². The van der Waals surface area contributed by atoms with Crippen molar-refractivity contribution in [3.05, 3.63) is 30.3 Å². The van der Waals surface area contributed by atoms with Crippen LogP contribution in [0.2, 0.25) is 0 Å². The van der Waals surface area contributed by atoms with Crippen molar-refractivity contribution in [1.29, 1.82) is 0 Å². The average molecular weight is 170 g/mol. The van der Waals surface area contributed by atoms with Crippen LogP contribution < -0.4 is 5.30 Å². The Labute approximate surface area is 67.2 Å². The molecule has 0 unspecified atom stereocenters. The van der Waals surface area contributed by atoms with Crippen molar-refractivity contribution >= 4 is 13.2 Å². The predicted molar refractivity (Wildman–Crippen MR) is 47.2 cm³/mol. The third-order valence-corrected chi connectivity index (χ3v) is 3.17. The van der Waals surface area contributed by atoms with Crippen molar-refractivity contribution < 1.29 is 10.2 Å². The van der Waals surface area contributed by atoms with E-state index in [0.29, 0.717) is 0 Å². The summed E-state index contributed by atoms with van der Waals surface area (Å²) in [5, 5.41) is 18.7. The quantitative estimate of drug-likeness (QED) is 0.655. The SMILES string of the molecule is OCP(CO)c1ccccc1. The Morgan fingerprint density at radius 2 is 1.55 bits per heavy atom. The van der Waals surface area contributed by atoms with Crippen LogP contribution in [-0.2, 0) is 0 Å². The first-order valence-corrected chi connectivity index (χ1v) is 5.11. The van der Waals surface area contributed by atoms with Crippen LogP contribution in [0.3, 0.4) is 0 Å². The Hall–Kier alpha value is -0.430. The van der Waals surface area contributed by atoms with E-state index in [1.807, 2.05) is 30.3 Å². The molecule has 0 saturated carbocycles. The molecular weight excluding hydrogens is 159 g/mol. The normalized spacial score (nSPS) is 10.5. The van der Waals surface area contributed by atoms with Gasteiger partial charge >= 0.3 is 0 Å². The molecule has 0 aliphatic rings. The molecule has 0 spiro atoms. The highest BCUT2D eigenvalue weighted by atomic mass is 31.1. The zero-order chi connectivity index (χ0) is 8.10. The molecule has 11 heavy (non-hydrogen) atoms. The van der Waals surface area contributed by atoms with Gasteiger partial charge in [0.2, 0.25) is 0 Å². The van der Waals surface area contributed by atoms with E-state index in [0.717, 1.165) is 5.30 Å². The van der Waals surface area contributed by atoms with Gasteiger partial charge in [0.25, 0.3) is 0 Å². The summed E-state index contributed by atoms with van der Waals surface area (Å²) in [6.07, 6.45) is 0.131. The van der Waals surface area contributed by atoms with Crippen LogP contribution in [0.5, 0.6) is 0 Å². The summed E-state index contributed by atoms with van der Waals surface area (Å²) in [6.45, 7) is 0. The number of hydrogen-bond acceptors (Lipinski definition) is 2. The largest absolute Gasteiger partial charge is 0.391 e. The van der Waals surface area contributed by atoms with E-state index in [9.17, 15) is 0 Å². The Bertz CT molecular complexity index is 197. The second-order valence-electron chi connectivity index (χ2n) is 2.16. The lowest BCUT2D eigenvalue weighted by atomic mass is 10.4. The number of rotatable bonds is 3. The number of benzene rings is 1. The summed E-state index contributed by atoms with van der Waals surface area (Å²) in [5.74, 6) is 0. The van der Waals surface area contributed by atoms with Crippen molar-refractivity contribution in [3.63, 3.8) is 0 Å². The van der Waals surface area contributed by atoms with Gasteiger partial charge in [-0.15, -0.1) is 0 Å². The van der Waals surface area contributed by atoms with E-state index in [4.69, 9.17) is 10.2 Å². The highest BCUT2D eigenvalue weighted by Crippen LogP contribution is 2.30. The van der Waals surface area contributed by atoms with E-state index in [1.165, 1.54) is 0 Å². The summed E-state index contributed by atoms with van der Waals surface area (Å²) in [7, 11) is -0.740. The molecule has 2 N–H and O–H groups in total. The first-order chi connectivity index (χ1) is 5.38. The van der Waals surface area contributed by atoms with E-state index in [-0.39, 0.29) is 12.7 Å². The zero-order valence-corrected chi connectivity index (χ0v) is 7.04. The highest BCUT2D eigenvalue weighted by Gasteiger charge is 2.05. The van der Waals surface area contributed by atoms with Gasteiger partial charge in [0.1, 0.15) is 0 Å². The number of hydrogen-bond donors (Lipinski definition) is 2. The lowest BCUT2D eigenvalue weighted by Crippen LogP contribution is -2.04. The van der Waals surface area contributed by atoms with Crippen molar-refractivity contribution in [3.8, 4) is 0 Å². The summed E-state index contributed by atoms with van der Waals surface area (Å²) < 4.78 is 0. The molecule has 0 saturated heterocycles. The van der Waals surface area contributed by atoms with Gasteiger partial charge in [0, 0.05) is 0 Å². The summed E-state index contributed by atoms with van der Waals surface area (Å²) in [6, 6.07) is 9.61. The van der Waals surface area contributed by atoms with Gasteiger partial charge in [0.15, 0.2) is 0 Å². The fourth-order valence-electron chi connectivity index (χ4n) is 0.847. The molecule has 1 rings (SSSR count). The highest BCUT2D eigenvalue weighted by molar-refractivity contribution is 7.65. The Morgan fingerprint density at radius 3 is 2.00 bits per heavy atom. The molecule has 0 aliphatic heterocycles. The summed E-state index contributed by atoms with van der Waals surface area (Å²) >= 11 is 0. The molecule has 3 heteroatoms. The van der Waals surface area contributed by atoms with Gasteiger partial charge in [0.05, 0.1) is 12.7 Å². The third-order valence-electron chi connectivity index (χ3n) is 1.46. The third kappa shape index (κ3) is 2.26. The molecule has 0 aliphatic carbocycles. The predicted octanol–water partition coefficient (Wildman–Crippen LogP) is 0.693. The van der Waals surface area contributed by atoms with Crippen LogP contribution in [-0.4, -0.2) is 22.9 Å². The summed E-state index contributed by atoms with van der Waals surface area (Å²) in [4.78, 5) is 0. The van der Waals surface area contributed by atoms with Gasteiger partial charge in [-0.05, 0) is 13.2 Å². The molecule has 0 fully saturated rings. The number of aliphatic hydroxyl groups excluding tert-OH is 2. The van der Waals surface area contributed by atoms with Gasteiger partial charge < -0.3 is 10.2 Å². The zero-order valence-electron chi connectivity index (χ0n) is 6.14. The van der Waals surface area contributed by atoms with Crippen molar-refractivity contribution in [1.82, 2.24) is 0 Å². The molecule has 0 heterocycles. The molecule has 0 atom stereocenters. The Kier molecular flexibility index (Phi) is 3.50. The fourth-order valence-corrected chi connectivity index (χ4v) is 1.86. The minimum absolute atomic E-state index is 0.0653. The first-order valence-electron chi connectivity index (χ1n) is 3.40. The molecule has 60 valence electrons. The van der Waals surface area contributed by atoms with Gasteiger partial charge in [-0.2, -0.15) is 0 Å². The van der Waals surface area contributed by atoms with Crippen LogP contribution in [0.25, 0.3) is 0 Å². The van der Waals surface area contributed by atoms with Crippen molar-refractivity contribution in [2.75, 3.05) is 12.7 Å². The molecule has 1 aromatic rings. The molecule has 0 aromatic heterocycles. The second-order valence-corrected chi connectivity index (χ2v) is 4.32. The summed E-state index contributed by atoms with van der Waals surface area (Å²) in [5.41, 5.74) is 0. The first kappa shape index (κ1) is 8.66. The van der Waals surface area contributed by atoms with Crippen molar-refractivity contribution in [2.24, 2.45) is 0 Å². The molecule has 2 nitrogen and oxygen atoms in total. The monoisotopic (exact) mass is 170 g/mol. The van der Waals surface area contributed by atoms with Gasteiger partial charge in [-0.25, -0.2) is 0 Å². The maximum absolute atomic E-state index is 8.85. The minimum Gasteiger partial charge on any atom is -0.391 e. The van der Waals surface area contributed by atoms with E-state index >= 15 is 0 Å². The second kappa shape index (κ2) is 4.45. The standard InChI is InChI=1S/C8H11O2P/c9-6-11(7-10)8-4-2-1-3-5-8/h1-5,9-10H,6-7H2. The van der Waals surface area contributed by atoms with Crippen LogP contribution in [0.15, 0.2) is 30.3 Å². The Balaban J connectivity index is 2.74. The molecule has 1 aromatic carbocycles. The molecule has 0 radical (unpaired) electrons. The molecule has 0 bridgehead atoms. The van der Waals surface area contributed by atoms with Crippen LogP contribution in [0.1, 0.15) is 0 Å². The smallest absolute Gasteiger partial charge is 0.0688 e. The maximum atomic E-state index is 8.85. The number of aliphatic hydroxyl groups is 2.